The van der Waals surface area contributed by atoms with E-state index in [9.17, 15) is 13.6 Å². The molecule has 27 heavy (non-hydrogen) atoms. The number of hydrogen-bond donors (Lipinski definition) is 0. The van der Waals surface area contributed by atoms with E-state index in [1.807, 2.05) is 13.8 Å². The van der Waals surface area contributed by atoms with Crippen molar-refractivity contribution in [3.05, 3.63) is 65.4 Å². The highest BCUT2D eigenvalue weighted by Crippen LogP contribution is 2.22. The van der Waals surface area contributed by atoms with Gasteiger partial charge in [0.05, 0.1) is 6.10 Å². The van der Waals surface area contributed by atoms with Gasteiger partial charge in [-0.25, -0.2) is 9.79 Å². The molecule has 3 rings (SSSR count). The second kappa shape index (κ2) is 7.99. The normalized spacial score (nSPS) is 15.3. The minimum atomic E-state index is -2.89. The van der Waals surface area contributed by atoms with Crippen molar-refractivity contribution in [1.29, 1.82) is 0 Å². The van der Waals surface area contributed by atoms with Gasteiger partial charge in [-0.2, -0.15) is 8.78 Å². The van der Waals surface area contributed by atoms with Crippen LogP contribution in [0.15, 0.2) is 59.2 Å². The van der Waals surface area contributed by atoms with Crippen LogP contribution in [0.1, 0.15) is 25.0 Å². The topological polar surface area (TPSA) is 57.1 Å². The molecule has 0 spiro atoms. The first kappa shape index (κ1) is 18.6. The summed E-state index contributed by atoms with van der Waals surface area (Å²) in [6.45, 7) is 0.975. The van der Waals surface area contributed by atoms with Crippen molar-refractivity contribution >= 4 is 17.9 Å². The Morgan fingerprint density at radius 3 is 2.15 bits per heavy atom. The lowest BCUT2D eigenvalue weighted by molar-refractivity contribution is -0.129. The van der Waals surface area contributed by atoms with Gasteiger partial charge in [0, 0.05) is 5.56 Å². The van der Waals surface area contributed by atoms with E-state index in [1.54, 1.807) is 36.4 Å². The molecule has 0 fully saturated rings. The molecule has 5 nitrogen and oxygen atoms in total. The minimum absolute atomic E-state index is 0.0362. The molecule has 1 heterocycles. The fraction of sp³-hybridized carbons (Fsp3) is 0.200. The highest BCUT2D eigenvalue weighted by atomic mass is 19.3. The molecule has 140 valence electrons. The number of nitrogens with zero attached hydrogens (tertiary/aromatic N) is 1. The fourth-order valence-corrected chi connectivity index (χ4v) is 2.38. The van der Waals surface area contributed by atoms with Crippen LogP contribution in [-0.4, -0.2) is 24.6 Å². The number of esters is 1. The summed E-state index contributed by atoms with van der Waals surface area (Å²) >= 11 is 0. The zero-order valence-corrected chi connectivity index (χ0v) is 14.7. The first-order chi connectivity index (χ1) is 12.9. The van der Waals surface area contributed by atoms with E-state index in [0.717, 1.165) is 0 Å². The number of halogens is 2. The Kier molecular flexibility index (Phi) is 5.49. The number of hydrogen-bond acceptors (Lipinski definition) is 5. The average Bonchev–Trinajstić information content (AvgIpc) is 2.97. The quantitative estimate of drug-likeness (QED) is 0.556. The Balaban J connectivity index is 1.76. The van der Waals surface area contributed by atoms with Crippen molar-refractivity contribution < 1.29 is 27.8 Å². The second-order valence-electron chi connectivity index (χ2n) is 5.97. The average molecular weight is 373 g/mol. The van der Waals surface area contributed by atoms with Gasteiger partial charge in [-0.05, 0) is 61.9 Å². The Hall–Kier alpha value is -3.22. The third-order valence-electron chi connectivity index (χ3n) is 3.50. The van der Waals surface area contributed by atoms with Gasteiger partial charge in [-0.1, -0.05) is 12.1 Å². The van der Waals surface area contributed by atoms with Crippen LogP contribution in [0.25, 0.3) is 6.08 Å². The van der Waals surface area contributed by atoms with Gasteiger partial charge < -0.3 is 14.2 Å². The summed E-state index contributed by atoms with van der Waals surface area (Å²) in [5, 5.41) is 0. The molecule has 0 N–H and O–H groups in total. The zero-order valence-electron chi connectivity index (χ0n) is 14.7. The monoisotopic (exact) mass is 373 g/mol. The van der Waals surface area contributed by atoms with E-state index in [1.165, 1.54) is 18.2 Å². The third kappa shape index (κ3) is 4.91. The van der Waals surface area contributed by atoms with Crippen molar-refractivity contribution in [1.82, 2.24) is 0 Å². The Morgan fingerprint density at radius 1 is 0.963 bits per heavy atom. The van der Waals surface area contributed by atoms with Crippen molar-refractivity contribution in [2.75, 3.05) is 0 Å². The number of ether oxygens (including phenoxy) is 3. The van der Waals surface area contributed by atoms with E-state index in [0.29, 0.717) is 16.9 Å². The SMILES string of the molecule is CC(C)Oc1ccc(C2=N/C(=C/c3ccc(OC(F)F)cc3)C(=O)O2)cc1. The van der Waals surface area contributed by atoms with Gasteiger partial charge in [0.15, 0.2) is 5.70 Å². The summed E-state index contributed by atoms with van der Waals surface area (Å²) in [5.74, 6) is 0.356. The van der Waals surface area contributed by atoms with Crippen LogP contribution in [-0.2, 0) is 9.53 Å². The molecule has 1 aliphatic rings. The van der Waals surface area contributed by atoms with Crippen molar-refractivity contribution in [2.24, 2.45) is 4.99 Å². The molecule has 0 radical (unpaired) electrons. The Morgan fingerprint density at radius 2 is 1.56 bits per heavy atom. The van der Waals surface area contributed by atoms with Crippen molar-refractivity contribution in [2.45, 2.75) is 26.6 Å². The molecule has 0 saturated heterocycles. The molecule has 0 amide bonds. The standard InChI is InChI=1S/C20H17F2NO4/c1-12(2)25-15-9-5-14(6-10-15)18-23-17(19(24)27-18)11-13-3-7-16(8-4-13)26-20(21)22/h3-12,20H,1-2H3/b17-11+. The third-order valence-corrected chi connectivity index (χ3v) is 3.50. The maximum Gasteiger partial charge on any atom is 0.387 e. The molecule has 0 unspecified atom stereocenters. The van der Waals surface area contributed by atoms with E-state index in [4.69, 9.17) is 9.47 Å². The molecular formula is C20H17F2NO4. The molecule has 0 atom stereocenters. The number of benzene rings is 2. The summed E-state index contributed by atoms with van der Waals surface area (Å²) in [6.07, 6.45) is 1.57. The smallest absolute Gasteiger partial charge is 0.387 e. The molecule has 7 heteroatoms. The van der Waals surface area contributed by atoms with E-state index in [-0.39, 0.29) is 23.4 Å². The zero-order chi connectivity index (χ0) is 19.4. The maximum absolute atomic E-state index is 12.2. The van der Waals surface area contributed by atoms with Crippen molar-refractivity contribution in [3.63, 3.8) is 0 Å². The van der Waals surface area contributed by atoms with Crippen LogP contribution in [0, 0.1) is 0 Å². The van der Waals surface area contributed by atoms with Crippen molar-refractivity contribution in [3.8, 4) is 11.5 Å². The fourth-order valence-electron chi connectivity index (χ4n) is 2.38. The van der Waals surface area contributed by atoms with Gasteiger partial charge in [-0.3, -0.25) is 0 Å². The van der Waals surface area contributed by atoms with Gasteiger partial charge in [0.25, 0.3) is 0 Å². The largest absolute Gasteiger partial charge is 0.491 e. The number of cyclic esters (lactones) is 1. The first-order valence-corrected chi connectivity index (χ1v) is 8.25. The highest BCUT2D eigenvalue weighted by Gasteiger charge is 2.24. The van der Waals surface area contributed by atoms with E-state index < -0.39 is 12.6 Å². The predicted molar refractivity (Wildman–Crippen MR) is 95.9 cm³/mol. The second-order valence-corrected chi connectivity index (χ2v) is 5.97. The molecule has 0 aliphatic carbocycles. The van der Waals surface area contributed by atoms with Crippen LogP contribution < -0.4 is 9.47 Å². The van der Waals surface area contributed by atoms with Crippen LogP contribution in [0.2, 0.25) is 0 Å². The van der Waals surface area contributed by atoms with Gasteiger partial charge in [0.2, 0.25) is 5.90 Å². The molecule has 0 saturated carbocycles. The van der Waals surface area contributed by atoms with Gasteiger partial charge in [-0.15, -0.1) is 0 Å². The number of carbonyl (C=O) groups is 1. The number of carbonyl (C=O) groups excluding carboxylic acids is 1. The van der Waals surface area contributed by atoms with Gasteiger partial charge in [0.1, 0.15) is 11.5 Å². The van der Waals surface area contributed by atoms with Crippen LogP contribution >= 0.6 is 0 Å². The van der Waals surface area contributed by atoms with Crippen LogP contribution in [0.5, 0.6) is 11.5 Å². The Bertz CT molecular complexity index is 872. The minimum Gasteiger partial charge on any atom is -0.491 e. The lowest BCUT2D eigenvalue weighted by Gasteiger charge is -2.09. The molecular weight excluding hydrogens is 356 g/mol. The number of rotatable bonds is 6. The number of alkyl halides is 2. The van der Waals surface area contributed by atoms with E-state index >= 15 is 0 Å². The lowest BCUT2D eigenvalue weighted by Crippen LogP contribution is -2.07. The summed E-state index contributed by atoms with van der Waals surface area (Å²) < 4.78 is 39.4. The van der Waals surface area contributed by atoms with Gasteiger partial charge >= 0.3 is 12.6 Å². The first-order valence-electron chi connectivity index (χ1n) is 8.25. The lowest BCUT2D eigenvalue weighted by atomic mass is 10.2. The molecule has 2 aromatic rings. The van der Waals surface area contributed by atoms with E-state index in [2.05, 4.69) is 9.73 Å². The number of aliphatic imine (C=N–C) groups is 1. The molecule has 1 aliphatic heterocycles. The summed E-state index contributed by atoms with van der Waals surface area (Å²) in [7, 11) is 0. The Labute approximate surface area is 154 Å². The molecule has 0 aromatic heterocycles. The van der Waals surface area contributed by atoms with Crippen LogP contribution in [0.4, 0.5) is 8.78 Å². The molecule has 0 bridgehead atoms. The summed E-state index contributed by atoms with van der Waals surface area (Å²) in [6, 6.07) is 12.9. The van der Waals surface area contributed by atoms with Crippen LogP contribution in [0.3, 0.4) is 0 Å². The maximum atomic E-state index is 12.2. The summed E-state index contributed by atoms with van der Waals surface area (Å²) in [5.41, 5.74) is 1.37. The predicted octanol–water partition coefficient (Wildman–Crippen LogP) is 4.42. The highest BCUT2D eigenvalue weighted by molar-refractivity contribution is 6.12. The molecule has 2 aromatic carbocycles. The summed E-state index contributed by atoms with van der Waals surface area (Å²) in [4.78, 5) is 16.2.